The molecule has 6 heteroatoms. The molecule has 1 unspecified atom stereocenters. The fourth-order valence-corrected chi connectivity index (χ4v) is 3.70. The predicted octanol–water partition coefficient (Wildman–Crippen LogP) is 2.14. The highest BCUT2D eigenvalue weighted by Gasteiger charge is 2.36. The molecule has 0 radical (unpaired) electrons. The SMILES string of the molecule is CN(Cc1c(Cl)cnn1C)CC1(O)CCN(Cc2ccccc2)C1. The Morgan fingerprint density at radius 3 is 2.75 bits per heavy atom. The van der Waals surface area contributed by atoms with Gasteiger partial charge in [-0.05, 0) is 19.0 Å². The molecule has 1 N–H and O–H groups in total. The molecule has 0 saturated carbocycles. The number of likely N-dealkylation sites (tertiary alicyclic amines) is 1. The van der Waals surface area contributed by atoms with E-state index in [9.17, 15) is 5.11 Å². The number of nitrogens with zero attached hydrogens (tertiary/aromatic N) is 4. The molecule has 2 aromatic rings. The van der Waals surface area contributed by atoms with Crippen LogP contribution in [0.25, 0.3) is 0 Å². The summed E-state index contributed by atoms with van der Waals surface area (Å²) in [5, 5.41) is 15.8. The Hall–Kier alpha value is -1.40. The van der Waals surface area contributed by atoms with Gasteiger partial charge in [-0.2, -0.15) is 5.10 Å². The first-order valence-corrected chi connectivity index (χ1v) is 8.67. The number of rotatable bonds is 6. The Morgan fingerprint density at radius 1 is 1.33 bits per heavy atom. The Labute approximate surface area is 148 Å². The fraction of sp³-hybridized carbons (Fsp3) is 0.500. The van der Waals surface area contributed by atoms with Gasteiger partial charge in [0.05, 0.1) is 22.5 Å². The molecule has 0 bridgehead atoms. The second-order valence-electron chi connectivity index (χ2n) is 6.91. The summed E-state index contributed by atoms with van der Waals surface area (Å²) in [6.07, 6.45) is 2.46. The van der Waals surface area contributed by atoms with Crippen LogP contribution in [0.1, 0.15) is 17.7 Å². The Balaban J connectivity index is 1.55. The molecule has 1 aliphatic rings. The lowest BCUT2D eigenvalue weighted by Crippen LogP contribution is -2.43. The molecule has 2 heterocycles. The molecular formula is C18H25ClN4O. The van der Waals surface area contributed by atoms with Gasteiger partial charge in [0.2, 0.25) is 0 Å². The van der Waals surface area contributed by atoms with Crippen molar-refractivity contribution in [3.8, 4) is 0 Å². The summed E-state index contributed by atoms with van der Waals surface area (Å²) in [5.41, 5.74) is 1.59. The molecule has 1 fully saturated rings. The molecule has 3 rings (SSSR count). The molecular weight excluding hydrogens is 324 g/mol. The van der Waals surface area contributed by atoms with Gasteiger partial charge in [0.15, 0.2) is 0 Å². The Bertz CT molecular complexity index is 655. The van der Waals surface area contributed by atoms with Crippen LogP contribution in [0.2, 0.25) is 5.02 Å². The smallest absolute Gasteiger partial charge is 0.0912 e. The van der Waals surface area contributed by atoms with Crippen LogP contribution < -0.4 is 0 Å². The van der Waals surface area contributed by atoms with E-state index in [4.69, 9.17) is 11.6 Å². The molecule has 130 valence electrons. The maximum Gasteiger partial charge on any atom is 0.0912 e. The van der Waals surface area contributed by atoms with Crippen LogP contribution in [-0.4, -0.2) is 57.0 Å². The normalized spacial score (nSPS) is 21.7. The maximum absolute atomic E-state index is 10.9. The largest absolute Gasteiger partial charge is 0.387 e. The number of aromatic nitrogens is 2. The molecule has 1 atom stereocenters. The van der Waals surface area contributed by atoms with Crippen LogP contribution in [0.5, 0.6) is 0 Å². The molecule has 0 aliphatic carbocycles. The van der Waals surface area contributed by atoms with E-state index in [2.05, 4.69) is 39.2 Å². The highest BCUT2D eigenvalue weighted by molar-refractivity contribution is 6.31. The first-order chi connectivity index (χ1) is 11.5. The van der Waals surface area contributed by atoms with Crippen LogP contribution in [0.15, 0.2) is 36.5 Å². The van der Waals surface area contributed by atoms with Gasteiger partial charge in [0.25, 0.3) is 0 Å². The molecule has 24 heavy (non-hydrogen) atoms. The highest BCUT2D eigenvalue weighted by Crippen LogP contribution is 2.25. The summed E-state index contributed by atoms with van der Waals surface area (Å²) in [7, 11) is 3.90. The minimum atomic E-state index is -0.672. The number of aliphatic hydroxyl groups is 1. The van der Waals surface area contributed by atoms with Crippen molar-refractivity contribution in [2.75, 3.05) is 26.7 Å². The lowest BCUT2D eigenvalue weighted by molar-refractivity contribution is 0.0157. The van der Waals surface area contributed by atoms with Crippen molar-refractivity contribution >= 4 is 11.6 Å². The summed E-state index contributed by atoms with van der Waals surface area (Å²) in [6.45, 7) is 3.81. The van der Waals surface area contributed by atoms with E-state index in [-0.39, 0.29) is 0 Å². The number of halogens is 1. The third-order valence-corrected chi connectivity index (χ3v) is 4.97. The third kappa shape index (κ3) is 4.16. The van der Waals surface area contributed by atoms with Crippen molar-refractivity contribution in [3.05, 3.63) is 52.8 Å². The van der Waals surface area contributed by atoms with Gasteiger partial charge in [0, 0.05) is 39.8 Å². The molecule has 0 spiro atoms. The van der Waals surface area contributed by atoms with Crippen LogP contribution in [0, 0.1) is 0 Å². The fourth-order valence-electron chi connectivity index (χ4n) is 3.47. The van der Waals surface area contributed by atoms with Crippen molar-refractivity contribution in [2.24, 2.45) is 7.05 Å². The zero-order valence-electron chi connectivity index (χ0n) is 14.3. The average Bonchev–Trinajstić information content (AvgIpc) is 3.05. The van der Waals surface area contributed by atoms with Crippen LogP contribution in [-0.2, 0) is 20.1 Å². The summed E-state index contributed by atoms with van der Waals surface area (Å²) >= 11 is 6.17. The van der Waals surface area contributed by atoms with Crippen molar-refractivity contribution in [1.82, 2.24) is 19.6 Å². The second kappa shape index (κ2) is 7.23. The number of hydrogen-bond donors (Lipinski definition) is 1. The van der Waals surface area contributed by atoms with Gasteiger partial charge in [-0.1, -0.05) is 41.9 Å². The third-order valence-electron chi connectivity index (χ3n) is 4.65. The van der Waals surface area contributed by atoms with Crippen LogP contribution in [0.4, 0.5) is 0 Å². The van der Waals surface area contributed by atoms with Gasteiger partial charge in [-0.3, -0.25) is 14.5 Å². The minimum Gasteiger partial charge on any atom is -0.387 e. The van der Waals surface area contributed by atoms with Crippen molar-refractivity contribution in [3.63, 3.8) is 0 Å². The van der Waals surface area contributed by atoms with Gasteiger partial charge in [-0.15, -0.1) is 0 Å². The summed E-state index contributed by atoms with van der Waals surface area (Å²) < 4.78 is 1.79. The van der Waals surface area contributed by atoms with E-state index in [0.29, 0.717) is 24.7 Å². The van der Waals surface area contributed by atoms with Crippen molar-refractivity contribution < 1.29 is 5.11 Å². The number of hydrogen-bond acceptors (Lipinski definition) is 4. The predicted molar refractivity (Wildman–Crippen MR) is 95.8 cm³/mol. The van der Waals surface area contributed by atoms with Gasteiger partial charge in [0.1, 0.15) is 0 Å². The lowest BCUT2D eigenvalue weighted by atomic mass is 10.0. The number of benzene rings is 1. The van der Waals surface area contributed by atoms with Crippen molar-refractivity contribution in [1.29, 1.82) is 0 Å². The van der Waals surface area contributed by atoms with E-state index < -0.39 is 5.60 Å². The maximum atomic E-state index is 10.9. The van der Waals surface area contributed by atoms with E-state index >= 15 is 0 Å². The first-order valence-electron chi connectivity index (χ1n) is 8.29. The molecule has 1 aromatic carbocycles. The zero-order chi connectivity index (χ0) is 17.2. The van der Waals surface area contributed by atoms with Gasteiger partial charge in [-0.25, -0.2) is 0 Å². The van der Waals surface area contributed by atoms with Crippen LogP contribution in [0.3, 0.4) is 0 Å². The second-order valence-corrected chi connectivity index (χ2v) is 7.31. The Morgan fingerprint density at radius 2 is 2.08 bits per heavy atom. The first kappa shape index (κ1) is 17.4. The minimum absolute atomic E-state index is 0.625. The lowest BCUT2D eigenvalue weighted by Gasteiger charge is -2.29. The van der Waals surface area contributed by atoms with Crippen LogP contribution >= 0.6 is 11.6 Å². The Kier molecular flexibility index (Phi) is 5.25. The monoisotopic (exact) mass is 348 g/mol. The van der Waals surface area contributed by atoms with E-state index in [1.165, 1.54) is 5.56 Å². The topological polar surface area (TPSA) is 44.5 Å². The average molecular weight is 349 g/mol. The number of β-amino-alcohol motifs (C(OH)–C–C–N with tert-alkyl or cyclic N) is 1. The quantitative estimate of drug-likeness (QED) is 0.868. The van der Waals surface area contributed by atoms with Gasteiger partial charge >= 0.3 is 0 Å². The number of likely N-dealkylation sites (N-methyl/N-ethyl adjacent to an activating group) is 1. The van der Waals surface area contributed by atoms with E-state index in [1.54, 1.807) is 10.9 Å². The molecule has 0 amide bonds. The molecule has 5 nitrogen and oxygen atoms in total. The molecule has 1 saturated heterocycles. The summed E-state index contributed by atoms with van der Waals surface area (Å²) in [4.78, 5) is 4.44. The van der Waals surface area contributed by atoms with Crippen molar-refractivity contribution in [2.45, 2.75) is 25.1 Å². The van der Waals surface area contributed by atoms with E-state index in [1.807, 2.05) is 20.2 Å². The van der Waals surface area contributed by atoms with Gasteiger partial charge < -0.3 is 5.11 Å². The number of aryl methyl sites for hydroxylation is 1. The van der Waals surface area contributed by atoms with E-state index in [0.717, 1.165) is 25.2 Å². The molecule has 1 aliphatic heterocycles. The summed E-state index contributed by atoms with van der Waals surface area (Å²) in [6, 6.07) is 10.4. The zero-order valence-corrected chi connectivity index (χ0v) is 15.1. The standard InChI is InChI=1S/C18H25ClN4O/c1-21(12-17-16(19)10-20-22(17)2)13-18(24)8-9-23(14-18)11-15-6-4-3-5-7-15/h3-7,10,24H,8-9,11-14H2,1-2H3. The highest BCUT2D eigenvalue weighted by atomic mass is 35.5. The molecule has 1 aromatic heterocycles. The summed E-state index contributed by atoms with van der Waals surface area (Å²) in [5.74, 6) is 0.